The minimum Gasteiger partial charge on any atom is -0.330 e. The van der Waals surface area contributed by atoms with E-state index in [2.05, 4.69) is 21.4 Å². The third-order valence-electron chi connectivity index (χ3n) is 4.29. The van der Waals surface area contributed by atoms with E-state index in [0.29, 0.717) is 16.4 Å². The van der Waals surface area contributed by atoms with Gasteiger partial charge in [-0.05, 0) is 62.8 Å². The lowest BCUT2D eigenvalue weighted by Gasteiger charge is -2.32. The Morgan fingerprint density at radius 3 is 3.00 bits per heavy atom. The van der Waals surface area contributed by atoms with Crippen molar-refractivity contribution in [2.24, 2.45) is 0 Å². The first-order valence-corrected chi connectivity index (χ1v) is 7.63. The standard InChI is InChI=1S/C15H20FN3S/c1-3-18-6-4-5-11(9-18)19-14-7-10(2)12(16)8-13(14)17-15(19)20/h7-8,11H,3-6,9H2,1-2H3,(H,17,20). The molecule has 1 aliphatic heterocycles. The zero-order valence-corrected chi connectivity index (χ0v) is 12.8. The number of likely N-dealkylation sites (N-methyl/N-ethyl adjacent to an activating group) is 1. The SMILES string of the molecule is CCN1CCCC(n2c(=S)[nH]c3cc(F)c(C)cc32)C1. The number of aromatic amines is 1. The number of aromatic nitrogens is 2. The van der Waals surface area contributed by atoms with Gasteiger partial charge in [0.25, 0.3) is 0 Å². The Morgan fingerprint density at radius 1 is 1.45 bits per heavy atom. The molecule has 3 rings (SSSR count). The van der Waals surface area contributed by atoms with Crippen molar-refractivity contribution in [2.45, 2.75) is 32.7 Å². The van der Waals surface area contributed by atoms with Crippen molar-refractivity contribution in [2.75, 3.05) is 19.6 Å². The number of H-pyrrole nitrogens is 1. The van der Waals surface area contributed by atoms with Gasteiger partial charge in [0.05, 0.1) is 11.0 Å². The van der Waals surface area contributed by atoms with E-state index in [0.717, 1.165) is 37.1 Å². The van der Waals surface area contributed by atoms with Gasteiger partial charge in [-0.15, -0.1) is 0 Å². The minimum atomic E-state index is -0.181. The second kappa shape index (κ2) is 5.30. The molecule has 1 atom stereocenters. The Morgan fingerprint density at radius 2 is 2.25 bits per heavy atom. The molecule has 0 bridgehead atoms. The van der Waals surface area contributed by atoms with E-state index in [-0.39, 0.29) is 5.82 Å². The molecule has 3 nitrogen and oxygen atoms in total. The summed E-state index contributed by atoms with van der Waals surface area (Å²) in [6.45, 7) is 7.25. The number of hydrogen-bond donors (Lipinski definition) is 1. The fourth-order valence-electron chi connectivity index (χ4n) is 3.14. The number of likely N-dealkylation sites (tertiary alicyclic amines) is 1. The maximum atomic E-state index is 13.7. The molecule has 1 aliphatic rings. The number of halogens is 1. The van der Waals surface area contributed by atoms with Gasteiger partial charge in [-0.2, -0.15) is 0 Å². The first-order valence-electron chi connectivity index (χ1n) is 7.23. The van der Waals surface area contributed by atoms with Gasteiger partial charge in [-0.25, -0.2) is 4.39 Å². The highest BCUT2D eigenvalue weighted by Gasteiger charge is 2.22. The number of benzene rings is 1. The largest absolute Gasteiger partial charge is 0.330 e. The lowest BCUT2D eigenvalue weighted by atomic mass is 10.1. The van der Waals surface area contributed by atoms with Crippen LogP contribution in [-0.2, 0) is 0 Å². The van der Waals surface area contributed by atoms with Gasteiger partial charge in [0.2, 0.25) is 0 Å². The van der Waals surface area contributed by atoms with Crippen LogP contribution in [0, 0.1) is 17.5 Å². The maximum Gasteiger partial charge on any atom is 0.178 e. The molecule has 20 heavy (non-hydrogen) atoms. The fourth-order valence-corrected chi connectivity index (χ4v) is 3.50. The Kier molecular flexibility index (Phi) is 3.65. The molecule has 1 saturated heterocycles. The molecule has 1 N–H and O–H groups in total. The van der Waals surface area contributed by atoms with Crippen molar-refractivity contribution in [1.29, 1.82) is 0 Å². The van der Waals surface area contributed by atoms with Crippen LogP contribution in [0.1, 0.15) is 31.4 Å². The summed E-state index contributed by atoms with van der Waals surface area (Å²) in [6.07, 6.45) is 2.32. The van der Waals surface area contributed by atoms with E-state index in [9.17, 15) is 4.39 Å². The second-order valence-corrected chi connectivity index (χ2v) is 5.99. The molecule has 2 aromatic rings. The average molecular weight is 293 g/mol. The number of nitrogens with one attached hydrogen (secondary N) is 1. The normalized spacial score (nSPS) is 20.6. The van der Waals surface area contributed by atoms with Gasteiger partial charge in [0.1, 0.15) is 5.82 Å². The zero-order valence-electron chi connectivity index (χ0n) is 11.9. The van der Waals surface area contributed by atoms with Crippen molar-refractivity contribution in [3.05, 3.63) is 28.3 Å². The highest BCUT2D eigenvalue weighted by atomic mass is 32.1. The van der Waals surface area contributed by atoms with E-state index in [1.807, 2.05) is 6.07 Å². The molecule has 2 heterocycles. The number of hydrogen-bond acceptors (Lipinski definition) is 2. The topological polar surface area (TPSA) is 24.0 Å². The summed E-state index contributed by atoms with van der Waals surface area (Å²) in [4.78, 5) is 5.59. The van der Waals surface area contributed by atoms with Gasteiger partial charge >= 0.3 is 0 Å². The molecule has 1 aromatic heterocycles. The lowest BCUT2D eigenvalue weighted by Crippen LogP contribution is -2.36. The quantitative estimate of drug-likeness (QED) is 0.852. The molecule has 1 fully saturated rings. The molecule has 5 heteroatoms. The van der Waals surface area contributed by atoms with Crippen molar-refractivity contribution >= 4 is 23.3 Å². The maximum absolute atomic E-state index is 13.7. The molecule has 0 amide bonds. The predicted octanol–water partition coefficient (Wildman–Crippen LogP) is 3.80. The van der Waals surface area contributed by atoms with E-state index >= 15 is 0 Å². The van der Waals surface area contributed by atoms with Crippen LogP contribution in [0.25, 0.3) is 11.0 Å². The highest BCUT2D eigenvalue weighted by Crippen LogP contribution is 2.27. The molecule has 0 aliphatic carbocycles. The number of imidazole rings is 1. The van der Waals surface area contributed by atoms with Crippen molar-refractivity contribution < 1.29 is 4.39 Å². The van der Waals surface area contributed by atoms with Crippen LogP contribution in [0.3, 0.4) is 0 Å². The van der Waals surface area contributed by atoms with E-state index in [4.69, 9.17) is 12.2 Å². The van der Waals surface area contributed by atoms with Gasteiger partial charge in [0.15, 0.2) is 4.77 Å². The van der Waals surface area contributed by atoms with Crippen LogP contribution in [0.4, 0.5) is 4.39 Å². The first-order chi connectivity index (χ1) is 9.60. The van der Waals surface area contributed by atoms with Gasteiger partial charge in [-0.1, -0.05) is 6.92 Å². The summed E-state index contributed by atoms with van der Waals surface area (Å²) in [7, 11) is 0. The highest BCUT2D eigenvalue weighted by molar-refractivity contribution is 7.71. The first kappa shape index (κ1) is 13.8. The molecule has 0 radical (unpaired) electrons. The summed E-state index contributed by atoms with van der Waals surface area (Å²) in [5.74, 6) is -0.181. The number of aryl methyl sites for hydroxylation is 1. The Hall–Kier alpha value is -1.20. The van der Waals surface area contributed by atoms with Crippen molar-refractivity contribution in [3.8, 4) is 0 Å². The smallest absolute Gasteiger partial charge is 0.178 e. The van der Waals surface area contributed by atoms with Crippen LogP contribution in [0.5, 0.6) is 0 Å². The summed E-state index contributed by atoms with van der Waals surface area (Å²) in [5.41, 5.74) is 2.49. The molecular weight excluding hydrogens is 273 g/mol. The van der Waals surface area contributed by atoms with Crippen LogP contribution >= 0.6 is 12.2 Å². The van der Waals surface area contributed by atoms with Crippen LogP contribution in [0.2, 0.25) is 0 Å². The molecule has 1 unspecified atom stereocenters. The number of nitrogens with zero attached hydrogens (tertiary/aromatic N) is 2. The summed E-state index contributed by atoms with van der Waals surface area (Å²) in [5, 5.41) is 0. The van der Waals surface area contributed by atoms with Crippen molar-refractivity contribution in [1.82, 2.24) is 14.5 Å². The summed E-state index contributed by atoms with van der Waals surface area (Å²) in [6, 6.07) is 3.84. The van der Waals surface area contributed by atoms with Gasteiger partial charge in [-0.3, -0.25) is 0 Å². The Balaban J connectivity index is 2.08. The van der Waals surface area contributed by atoms with E-state index < -0.39 is 0 Å². The molecule has 0 saturated carbocycles. The third-order valence-corrected chi connectivity index (χ3v) is 4.59. The van der Waals surface area contributed by atoms with Gasteiger partial charge in [0, 0.05) is 12.6 Å². The lowest BCUT2D eigenvalue weighted by molar-refractivity contribution is 0.186. The van der Waals surface area contributed by atoms with Crippen LogP contribution < -0.4 is 0 Å². The number of fused-ring (bicyclic) bond motifs is 1. The molecule has 108 valence electrons. The molecule has 1 aromatic carbocycles. The number of rotatable bonds is 2. The third kappa shape index (κ3) is 2.29. The van der Waals surface area contributed by atoms with Crippen LogP contribution in [-0.4, -0.2) is 34.1 Å². The van der Waals surface area contributed by atoms with Crippen molar-refractivity contribution in [3.63, 3.8) is 0 Å². The predicted molar refractivity (Wildman–Crippen MR) is 82.2 cm³/mol. The minimum absolute atomic E-state index is 0.181. The van der Waals surface area contributed by atoms with Crippen LogP contribution in [0.15, 0.2) is 12.1 Å². The average Bonchev–Trinajstić information content (AvgIpc) is 2.74. The summed E-state index contributed by atoms with van der Waals surface area (Å²) < 4.78 is 16.6. The van der Waals surface area contributed by atoms with Gasteiger partial charge < -0.3 is 14.5 Å². The van der Waals surface area contributed by atoms with E-state index in [1.54, 1.807) is 13.0 Å². The monoisotopic (exact) mass is 293 g/mol. The summed E-state index contributed by atoms with van der Waals surface area (Å²) >= 11 is 5.46. The molecular formula is C15H20FN3S. The Labute approximate surface area is 123 Å². The zero-order chi connectivity index (χ0) is 14.3. The van der Waals surface area contributed by atoms with E-state index in [1.165, 1.54) is 6.42 Å². The Bertz CT molecular complexity index is 688. The second-order valence-electron chi connectivity index (χ2n) is 5.61. The molecule has 0 spiro atoms. The fraction of sp³-hybridized carbons (Fsp3) is 0.533. The number of piperidine rings is 1.